The molecule has 4 rings (SSSR count). The lowest BCUT2D eigenvalue weighted by Crippen LogP contribution is -2.51. The summed E-state index contributed by atoms with van der Waals surface area (Å²) < 4.78 is 92.4. The Morgan fingerprint density at radius 1 is 0.944 bits per heavy atom. The van der Waals surface area contributed by atoms with Crippen LogP contribution < -0.4 is 9.47 Å². The Balaban J connectivity index is 1.46. The highest BCUT2D eigenvalue weighted by Crippen LogP contribution is 2.43. The van der Waals surface area contributed by atoms with Crippen molar-refractivity contribution in [2.24, 2.45) is 5.92 Å². The van der Waals surface area contributed by atoms with Crippen LogP contribution in [0.25, 0.3) is 0 Å². The third kappa shape index (κ3) is 6.59. The third-order valence-electron chi connectivity index (χ3n) is 6.26. The zero-order valence-corrected chi connectivity index (χ0v) is 20.7. The first kappa shape index (κ1) is 26.9. The minimum Gasteiger partial charge on any atom is -0.489 e. The van der Waals surface area contributed by atoms with Gasteiger partial charge in [-0.3, -0.25) is 0 Å². The van der Waals surface area contributed by atoms with Crippen LogP contribution in [0.4, 0.5) is 26.3 Å². The molecule has 198 valence electrons. The number of nitrogens with zero attached hydrogens (tertiary/aromatic N) is 2. The van der Waals surface area contributed by atoms with Crippen LogP contribution in [0.3, 0.4) is 0 Å². The van der Waals surface area contributed by atoms with E-state index in [4.69, 9.17) is 9.47 Å². The molecule has 2 aromatic rings. The van der Waals surface area contributed by atoms with Crippen molar-refractivity contribution in [3.8, 4) is 11.5 Å². The molecule has 1 aromatic heterocycles. The van der Waals surface area contributed by atoms with Gasteiger partial charge in [0, 0.05) is 31.1 Å². The second-order valence-corrected chi connectivity index (χ2v) is 10.7. The number of aromatic nitrogens is 1. The van der Waals surface area contributed by atoms with Crippen molar-refractivity contribution in [3.63, 3.8) is 0 Å². The second-order valence-electron chi connectivity index (χ2n) is 9.65. The molecule has 36 heavy (non-hydrogen) atoms. The molecule has 0 radical (unpaired) electrons. The van der Waals surface area contributed by atoms with Crippen LogP contribution in [-0.4, -0.2) is 34.1 Å². The number of benzene rings is 1. The van der Waals surface area contributed by atoms with Crippen molar-refractivity contribution in [1.82, 2.24) is 9.29 Å². The Labute approximate surface area is 210 Å². The summed E-state index contributed by atoms with van der Waals surface area (Å²) in [5.41, 5.74) is -1.58. The van der Waals surface area contributed by atoms with Crippen LogP contribution in [0.2, 0.25) is 0 Å². The molecule has 4 nitrogen and oxygen atoms in total. The Bertz CT molecular complexity index is 1010. The first-order valence-corrected chi connectivity index (χ1v) is 12.7. The number of ether oxygens (including phenoxy) is 2. The van der Waals surface area contributed by atoms with E-state index in [0.29, 0.717) is 17.9 Å². The van der Waals surface area contributed by atoms with E-state index < -0.39 is 23.5 Å². The van der Waals surface area contributed by atoms with Crippen molar-refractivity contribution in [2.75, 3.05) is 6.61 Å². The number of hydrogen-bond donors (Lipinski definition) is 0. The Morgan fingerprint density at radius 2 is 1.58 bits per heavy atom. The average molecular weight is 535 g/mol. The van der Waals surface area contributed by atoms with E-state index in [2.05, 4.69) is 9.29 Å². The Kier molecular flexibility index (Phi) is 7.99. The van der Waals surface area contributed by atoms with Gasteiger partial charge in [0.15, 0.2) is 11.5 Å². The summed E-state index contributed by atoms with van der Waals surface area (Å²) in [6, 6.07) is 5.95. The zero-order chi connectivity index (χ0) is 26.1. The second kappa shape index (κ2) is 10.7. The number of halogens is 6. The number of fused-ring (bicyclic) bond motifs is 2. The summed E-state index contributed by atoms with van der Waals surface area (Å²) in [5, 5.41) is 0.492. The van der Waals surface area contributed by atoms with Gasteiger partial charge in [0.25, 0.3) is 0 Å². The lowest BCUT2D eigenvalue weighted by atomic mass is 9.85. The fourth-order valence-corrected chi connectivity index (χ4v) is 5.70. The molecule has 11 heteroatoms. The van der Waals surface area contributed by atoms with Crippen molar-refractivity contribution in [2.45, 2.75) is 81.5 Å². The lowest BCUT2D eigenvalue weighted by Gasteiger charge is -2.47. The molecule has 0 N–H and O–H groups in total. The van der Waals surface area contributed by atoms with E-state index in [1.54, 1.807) is 0 Å². The molecule has 2 unspecified atom stereocenters. The van der Waals surface area contributed by atoms with Crippen LogP contribution in [0, 0.1) is 5.92 Å². The van der Waals surface area contributed by atoms with Gasteiger partial charge >= 0.3 is 12.4 Å². The molecule has 0 saturated carbocycles. The number of alkyl halides is 6. The van der Waals surface area contributed by atoms with Crippen molar-refractivity contribution >= 4 is 11.9 Å². The van der Waals surface area contributed by atoms with Crippen LogP contribution >= 0.6 is 11.9 Å². The van der Waals surface area contributed by atoms with Gasteiger partial charge < -0.3 is 9.47 Å². The standard InChI is InChI=1S/C25H28F6N2O2S/c1-15(2)14-34-22-10-16(24(26,27)28)6-8-21(22)35-20-11-18-4-3-5-19(12-20)33(18)36-23-9-7-17(13-32-23)25(29,30)31/h6-10,13,15,18-20H,3-5,11-12,14H2,1-2H3. The predicted octanol–water partition coefficient (Wildman–Crippen LogP) is 7.63. The fourth-order valence-electron chi connectivity index (χ4n) is 4.57. The largest absolute Gasteiger partial charge is 0.489 e. The van der Waals surface area contributed by atoms with Gasteiger partial charge in [-0.1, -0.05) is 20.3 Å². The summed E-state index contributed by atoms with van der Waals surface area (Å²) in [6.07, 6.45) is -4.17. The summed E-state index contributed by atoms with van der Waals surface area (Å²) in [6.45, 7) is 4.08. The average Bonchev–Trinajstić information content (AvgIpc) is 2.78. The van der Waals surface area contributed by atoms with Gasteiger partial charge in [-0.25, -0.2) is 9.29 Å². The van der Waals surface area contributed by atoms with Gasteiger partial charge in [0.05, 0.1) is 17.7 Å². The van der Waals surface area contributed by atoms with E-state index in [0.717, 1.165) is 43.7 Å². The highest BCUT2D eigenvalue weighted by molar-refractivity contribution is 7.97. The molecule has 0 amide bonds. The van der Waals surface area contributed by atoms with E-state index in [9.17, 15) is 26.3 Å². The van der Waals surface area contributed by atoms with E-state index in [-0.39, 0.29) is 42.2 Å². The van der Waals surface area contributed by atoms with E-state index >= 15 is 0 Å². The molecule has 2 fully saturated rings. The van der Waals surface area contributed by atoms with Gasteiger partial charge in [0.2, 0.25) is 0 Å². The van der Waals surface area contributed by atoms with E-state index in [1.165, 1.54) is 24.1 Å². The topological polar surface area (TPSA) is 34.6 Å². The van der Waals surface area contributed by atoms with Crippen molar-refractivity contribution < 1.29 is 35.8 Å². The number of hydrogen-bond acceptors (Lipinski definition) is 5. The summed E-state index contributed by atoms with van der Waals surface area (Å²) >= 11 is 1.35. The number of piperidine rings is 2. The zero-order valence-electron chi connectivity index (χ0n) is 19.9. The Morgan fingerprint density at radius 3 is 2.14 bits per heavy atom. The monoisotopic (exact) mass is 534 g/mol. The number of pyridine rings is 1. The molecule has 0 aliphatic carbocycles. The minimum absolute atomic E-state index is 0.0782. The van der Waals surface area contributed by atoms with Crippen LogP contribution in [0.15, 0.2) is 41.6 Å². The summed E-state index contributed by atoms with van der Waals surface area (Å²) in [7, 11) is 0. The Hall–Kier alpha value is -2.14. The lowest BCUT2D eigenvalue weighted by molar-refractivity contribution is -0.138. The first-order valence-electron chi connectivity index (χ1n) is 11.9. The maximum atomic E-state index is 13.3. The maximum absolute atomic E-state index is 13.3. The van der Waals surface area contributed by atoms with Crippen LogP contribution in [0.1, 0.15) is 57.1 Å². The molecule has 2 saturated heterocycles. The molecule has 2 bridgehead atoms. The van der Waals surface area contributed by atoms with Gasteiger partial charge in [-0.2, -0.15) is 26.3 Å². The van der Waals surface area contributed by atoms with Crippen LogP contribution in [-0.2, 0) is 12.4 Å². The van der Waals surface area contributed by atoms with Gasteiger partial charge in [0.1, 0.15) is 11.1 Å². The molecular formula is C25H28F6N2O2S. The molecule has 3 heterocycles. The molecule has 1 aromatic carbocycles. The maximum Gasteiger partial charge on any atom is 0.417 e. The van der Waals surface area contributed by atoms with Crippen LogP contribution in [0.5, 0.6) is 11.5 Å². The molecule has 2 aliphatic heterocycles. The predicted molar refractivity (Wildman–Crippen MR) is 124 cm³/mol. The van der Waals surface area contributed by atoms with Gasteiger partial charge in [-0.15, -0.1) is 0 Å². The normalized spacial score (nSPS) is 23.1. The van der Waals surface area contributed by atoms with Crippen molar-refractivity contribution in [1.29, 1.82) is 0 Å². The molecular weight excluding hydrogens is 506 g/mol. The molecule has 0 spiro atoms. The van der Waals surface area contributed by atoms with E-state index in [1.807, 2.05) is 13.8 Å². The first-order chi connectivity index (χ1) is 16.9. The summed E-state index contributed by atoms with van der Waals surface area (Å²) in [4.78, 5) is 3.99. The SMILES string of the molecule is CC(C)COc1cc(C(F)(F)F)ccc1OC1CC2CCCC(C1)N2Sc1ccc(C(F)(F)F)cn1. The quantitative estimate of drug-likeness (QED) is 0.270. The summed E-state index contributed by atoms with van der Waals surface area (Å²) in [5.74, 6) is 0.498. The molecule has 2 atom stereocenters. The highest BCUT2D eigenvalue weighted by Gasteiger charge is 2.41. The highest BCUT2D eigenvalue weighted by atomic mass is 32.2. The van der Waals surface area contributed by atoms with Gasteiger partial charge in [-0.05, 0) is 61.0 Å². The number of rotatable bonds is 7. The fraction of sp³-hybridized carbons (Fsp3) is 0.560. The smallest absolute Gasteiger partial charge is 0.417 e. The minimum atomic E-state index is -4.49. The van der Waals surface area contributed by atoms with Crippen molar-refractivity contribution in [3.05, 3.63) is 47.7 Å². The third-order valence-corrected chi connectivity index (χ3v) is 7.50. The molecule has 2 aliphatic rings.